The highest BCUT2D eigenvalue weighted by Gasteiger charge is 2.35. The summed E-state index contributed by atoms with van der Waals surface area (Å²) >= 11 is 0. The molecule has 0 aliphatic carbocycles. The Hall–Kier alpha value is -2.94. The highest BCUT2D eigenvalue weighted by Crippen LogP contribution is 2.27. The van der Waals surface area contributed by atoms with Crippen molar-refractivity contribution in [3.8, 4) is 5.75 Å². The second-order valence-corrected chi connectivity index (χ2v) is 8.32. The van der Waals surface area contributed by atoms with E-state index in [4.69, 9.17) is 9.47 Å². The molecule has 0 saturated carbocycles. The number of nitrogens with zero attached hydrogens (tertiary/aromatic N) is 5. The maximum atomic E-state index is 12.9. The van der Waals surface area contributed by atoms with Crippen LogP contribution in [0.1, 0.15) is 25.7 Å². The largest absolute Gasteiger partial charge is 0.490 e. The number of likely N-dealkylation sites (tertiary alicyclic amines) is 1. The summed E-state index contributed by atoms with van der Waals surface area (Å²) in [6, 6.07) is 9.70. The number of benzene rings is 1. The number of hydrogen-bond acceptors (Lipinski definition) is 6. The molecule has 1 aromatic heterocycles. The normalized spacial score (nSPS) is 21.4. The molecular weight excluding hydrogens is 410 g/mol. The van der Waals surface area contributed by atoms with E-state index >= 15 is 0 Å². The van der Waals surface area contributed by atoms with Crippen molar-refractivity contribution in [1.29, 1.82) is 0 Å². The average Bonchev–Trinajstić information content (AvgIpc) is 3.35. The standard InChI is InChI=1S/C23H31N5O4/c29-22(7-4-9-28-18-24-17-25-28)27-10-8-21(32-20-5-2-1-3-6-20)19(16-27)15-23(30)26-11-13-31-14-12-26/h1-3,5-6,17-19,21H,4,7-16H2/t19-,21-/m0/s1. The van der Waals surface area contributed by atoms with Gasteiger partial charge in [-0.25, -0.2) is 4.98 Å². The average molecular weight is 442 g/mol. The van der Waals surface area contributed by atoms with Crippen LogP contribution in [0.15, 0.2) is 43.0 Å². The van der Waals surface area contributed by atoms with Gasteiger partial charge in [0.25, 0.3) is 0 Å². The van der Waals surface area contributed by atoms with Crippen LogP contribution in [0.3, 0.4) is 0 Å². The zero-order valence-corrected chi connectivity index (χ0v) is 18.3. The molecule has 2 aromatic rings. The van der Waals surface area contributed by atoms with Crippen molar-refractivity contribution in [2.45, 2.75) is 38.3 Å². The van der Waals surface area contributed by atoms with E-state index in [2.05, 4.69) is 10.1 Å². The number of piperidine rings is 1. The molecule has 0 spiro atoms. The molecule has 2 saturated heterocycles. The molecule has 2 amide bonds. The number of carbonyl (C=O) groups is 2. The molecule has 0 unspecified atom stereocenters. The van der Waals surface area contributed by atoms with Crippen LogP contribution in [-0.2, 0) is 20.9 Å². The molecule has 1 aromatic carbocycles. The third-order valence-electron chi connectivity index (χ3n) is 6.09. The molecule has 9 nitrogen and oxygen atoms in total. The monoisotopic (exact) mass is 441 g/mol. The maximum absolute atomic E-state index is 12.9. The third kappa shape index (κ3) is 6.06. The van der Waals surface area contributed by atoms with Crippen LogP contribution in [0.25, 0.3) is 0 Å². The first-order chi connectivity index (χ1) is 15.7. The smallest absolute Gasteiger partial charge is 0.223 e. The van der Waals surface area contributed by atoms with E-state index in [0.29, 0.717) is 71.6 Å². The number of ether oxygens (including phenoxy) is 2. The highest BCUT2D eigenvalue weighted by molar-refractivity contribution is 5.78. The number of aryl methyl sites for hydroxylation is 1. The van der Waals surface area contributed by atoms with Gasteiger partial charge >= 0.3 is 0 Å². The van der Waals surface area contributed by atoms with Gasteiger partial charge in [0, 0.05) is 57.9 Å². The minimum Gasteiger partial charge on any atom is -0.490 e. The maximum Gasteiger partial charge on any atom is 0.223 e. The van der Waals surface area contributed by atoms with Crippen molar-refractivity contribution in [3.05, 3.63) is 43.0 Å². The van der Waals surface area contributed by atoms with Crippen LogP contribution in [0, 0.1) is 5.92 Å². The number of carbonyl (C=O) groups excluding carboxylic acids is 2. The van der Waals surface area contributed by atoms with Crippen LogP contribution in [-0.4, -0.2) is 81.9 Å². The highest BCUT2D eigenvalue weighted by atomic mass is 16.5. The van der Waals surface area contributed by atoms with Gasteiger partial charge in [0.1, 0.15) is 24.5 Å². The lowest BCUT2D eigenvalue weighted by Gasteiger charge is -2.39. The molecule has 3 heterocycles. The summed E-state index contributed by atoms with van der Waals surface area (Å²) in [6.07, 6.45) is 5.31. The van der Waals surface area contributed by atoms with Crippen LogP contribution in [0.4, 0.5) is 0 Å². The zero-order chi connectivity index (χ0) is 22.2. The van der Waals surface area contributed by atoms with Gasteiger partial charge in [-0.05, 0) is 18.6 Å². The minimum atomic E-state index is -0.0958. The molecule has 4 rings (SSSR count). The number of rotatable bonds is 8. The Balaban J connectivity index is 1.36. The van der Waals surface area contributed by atoms with Crippen molar-refractivity contribution in [3.63, 3.8) is 0 Å². The first kappa shape index (κ1) is 22.3. The van der Waals surface area contributed by atoms with E-state index in [9.17, 15) is 9.59 Å². The second-order valence-electron chi connectivity index (χ2n) is 8.32. The number of aromatic nitrogens is 3. The summed E-state index contributed by atoms with van der Waals surface area (Å²) in [6.45, 7) is 4.25. The fourth-order valence-electron chi connectivity index (χ4n) is 4.33. The number of para-hydroxylation sites is 1. The number of morpholine rings is 1. The number of amides is 2. The predicted molar refractivity (Wildman–Crippen MR) is 117 cm³/mol. The van der Waals surface area contributed by atoms with Crippen LogP contribution in [0.2, 0.25) is 0 Å². The van der Waals surface area contributed by atoms with E-state index in [1.54, 1.807) is 11.0 Å². The third-order valence-corrected chi connectivity index (χ3v) is 6.09. The van der Waals surface area contributed by atoms with Crippen molar-refractivity contribution < 1.29 is 19.1 Å². The molecule has 0 N–H and O–H groups in total. The predicted octanol–water partition coefficient (Wildman–Crippen LogP) is 1.60. The lowest BCUT2D eigenvalue weighted by molar-refractivity contribution is -0.141. The van der Waals surface area contributed by atoms with Gasteiger partial charge in [-0.1, -0.05) is 18.2 Å². The summed E-state index contributed by atoms with van der Waals surface area (Å²) in [5, 5.41) is 4.08. The lowest BCUT2D eigenvalue weighted by atomic mass is 9.90. The van der Waals surface area contributed by atoms with E-state index in [0.717, 1.165) is 5.75 Å². The molecule has 2 aliphatic heterocycles. The minimum absolute atomic E-state index is 0.0430. The fraction of sp³-hybridized carbons (Fsp3) is 0.565. The zero-order valence-electron chi connectivity index (χ0n) is 18.3. The molecule has 2 fully saturated rings. The Morgan fingerprint density at radius 2 is 1.88 bits per heavy atom. The van der Waals surface area contributed by atoms with E-state index in [1.807, 2.05) is 40.1 Å². The first-order valence-electron chi connectivity index (χ1n) is 11.4. The van der Waals surface area contributed by atoms with Gasteiger partial charge in [0.2, 0.25) is 11.8 Å². The molecule has 172 valence electrons. The molecule has 2 atom stereocenters. The van der Waals surface area contributed by atoms with Crippen LogP contribution < -0.4 is 4.74 Å². The van der Waals surface area contributed by atoms with Crippen molar-refractivity contribution in [1.82, 2.24) is 24.6 Å². The number of hydrogen-bond donors (Lipinski definition) is 0. The van der Waals surface area contributed by atoms with E-state index in [1.165, 1.54) is 6.33 Å². The Morgan fingerprint density at radius 3 is 2.62 bits per heavy atom. The van der Waals surface area contributed by atoms with E-state index in [-0.39, 0.29) is 23.8 Å². The summed E-state index contributed by atoms with van der Waals surface area (Å²) < 4.78 is 13.4. The topological polar surface area (TPSA) is 89.8 Å². The van der Waals surface area contributed by atoms with Crippen LogP contribution >= 0.6 is 0 Å². The van der Waals surface area contributed by atoms with Crippen molar-refractivity contribution in [2.24, 2.45) is 5.92 Å². The van der Waals surface area contributed by atoms with Crippen molar-refractivity contribution in [2.75, 3.05) is 39.4 Å². The Labute approximate surface area is 188 Å². The Morgan fingerprint density at radius 1 is 1.06 bits per heavy atom. The van der Waals surface area contributed by atoms with Gasteiger partial charge in [-0.15, -0.1) is 0 Å². The van der Waals surface area contributed by atoms with Gasteiger partial charge in [0.05, 0.1) is 13.2 Å². The first-order valence-corrected chi connectivity index (χ1v) is 11.4. The quantitative estimate of drug-likeness (QED) is 0.618. The lowest BCUT2D eigenvalue weighted by Crippen LogP contribution is -2.50. The van der Waals surface area contributed by atoms with Gasteiger partial charge in [-0.3, -0.25) is 14.3 Å². The molecule has 32 heavy (non-hydrogen) atoms. The van der Waals surface area contributed by atoms with Crippen molar-refractivity contribution >= 4 is 11.8 Å². The van der Waals surface area contributed by atoms with Crippen LogP contribution in [0.5, 0.6) is 5.75 Å². The summed E-state index contributed by atoms with van der Waals surface area (Å²) in [4.78, 5) is 33.5. The molecule has 9 heteroatoms. The summed E-state index contributed by atoms with van der Waals surface area (Å²) in [5.41, 5.74) is 0. The summed E-state index contributed by atoms with van der Waals surface area (Å²) in [5.74, 6) is 0.986. The van der Waals surface area contributed by atoms with Gasteiger partial charge in [0.15, 0.2) is 0 Å². The Bertz CT molecular complexity index is 855. The van der Waals surface area contributed by atoms with Gasteiger partial charge in [-0.2, -0.15) is 5.10 Å². The SMILES string of the molecule is O=C(C[C@H]1CN(C(=O)CCCn2cncn2)CC[C@@H]1Oc1ccccc1)N1CCOCC1. The molecule has 0 radical (unpaired) electrons. The molecule has 2 aliphatic rings. The molecule has 0 bridgehead atoms. The van der Waals surface area contributed by atoms with Gasteiger partial charge < -0.3 is 19.3 Å². The summed E-state index contributed by atoms with van der Waals surface area (Å²) in [7, 11) is 0. The van der Waals surface area contributed by atoms with E-state index < -0.39 is 0 Å². The molecular formula is C23H31N5O4. The fourth-order valence-corrected chi connectivity index (χ4v) is 4.33. The Kier molecular flexibility index (Phi) is 7.71. The second kappa shape index (κ2) is 11.1.